The first-order chi connectivity index (χ1) is 18.7. The van der Waals surface area contributed by atoms with Crippen LogP contribution in [-0.2, 0) is 11.0 Å². The molecular formula is C24H17Cl3F10N2O2. The van der Waals surface area contributed by atoms with Crippen molar-refractivity contribution >= 4 is 52.4 Å². The Morgan fingerprint density at radius 1 is 0.951 bits per heavy atom. The second-order valence-corrected chi connectivity index (χ2v) is 9.49. The standard InChI is InChI=1S/C24H17Cl3F10N2O2/c1-2-39(10-22(29,30)31)19(40)9-38-21(41)13-4-3-11(5-15(13)24(35,36)37)18(28)8-14(23(32,33)34)12-6-16(25)20(27)17(26)7-12/h3-8,14H,2,9-10H2,1H3,(H,38,41)/b18-8-. The van der Waals surface area contributed by atoms with Crippen LogP contribution in [0.1, 0.15) is 39.9 Å². The largest absolute Gasteiger partial charge is 0.417 e. The minimum absolute atomic E-state index is 0.0240. The lowest BCUT2D eigenvalue weighted by atomic mass is 9.95. The molecule has 41 heavy (non-hydrogen) atoms. The molecule has 2 aromatic rings. The second kappa shape index (κ2) is 13.1. The van der Waals surface area contributed by atoms with Gasteiger partial charge in [0.05, 0.1) is 32.7 Å². The number of nitrogens with one attached hydrogen (secondary N) is 1. The van der Waals surface area contributed by atoms with E-state index in [0.29, 0.717) is 17.0 Å². The summed E-state index contributed by atoms with van der Waals surface area (Å²) in [7, 11) is 0. The Labute approximate surface area is 240 Å². The van der Waals surface area contributed by atoms with Gasteiger partial charge in [0.2, 0.25) is 5.91 Å². The minimum atomic E-state index is -5.33. The predicted octanol–water partition coefficient (Wildman–Crippen LogP) is 8.46. The van der Waals surface area contributed by atoms with Crippen LogP contribution in [0.4, 0.5) is 43.9 Å². The normalized spacial score (nSPS) is 13.7. The highest BCUT2D eigenvalue weighted by Gasteiger charge is 2.41. The van der Waals surface area contributed by atoms with Gasteiger partial charge in [0.15, 0.2) is 0 Å². The van der Waals surface area contributed by atoms with Gasteiger partial charge in [-0.1, -0.05) is 40.9 Å². The van der Waals surface area contributed by atoms with E-state index in [1.165, 1.54) is 6.92 Å². The molecule has 0 spiro atoms. The summed E-state index contributed by atoms with van der Waals surface area (Å²) in [4.78, 5) is 24.7. The number of benzene rings is 2. The molecule has 0 radical (unpaired) electrons. The van der Waals surface area contributed by atoms with Gasteiger partial charge in [0.1, 0.15) is 18.3 Å². The van der Waals surface area contributed by atoms with Crippen molar-refractivity contribution in [1.29, 1.82) is 0 Å². The lowest BCUT2D eigenvalue weighted by Crippen LogP contribution is -2.44. The number of rotatable bonds is 8. The first-order valence-electron chi connectivity index (χ1n) is 11.1. The molecule has 0 bridgehead atoms. The van der Waals surface area contributed by atoms with E-state index < -0.39 is 94.0 Å². The van der Waals surface area contributed by atoms with Gasteiger partial charge in [0.25, 0.3) is 5.91 Å². The SMILES string of the molecule is CCN(CC(F)(F)F)C(=O)CNC(=O)c1ccc(/C(F)=C/C(c2cc(Cl)c(Cl)c(Cl)c2)C(F)(F)F)cc1C(F)(F)F. The highest BCUT2D eigenvalue weighted by atomic mass is 35.5. The molecule has 0 aromatic heterocycles. The van der Waals surface area contributed by atoms with E-state index in [-0.39, 0.29) is 17.2 Å². The van der Waals surface area contributed by atoms with E-state index in [9.17, 15) is 53.5 Å². The van der Waals surface area contributed by atoms with Gasteiger partial charge in [-0.15, -0.1) is 0 Å². The number of nitrogens with zero attached hydrogens (tertiary/aromatic N) is 1. The fourth-order valence-electron chi connectivity index (χ4n) is 3.46. The molecule has 1 unspecified atom stereocenters. The lowest BCUT2D eigenvalue weighted by Gasteiger charge is -2.22. The van der Waals surface area contributed by atoms with Crippen LogP contribution in [0.5, 0.6) is 0 Å². The Bertz CT molecular complexity index is 1300. The number of hydrogen-bond acceptors (Lipinski definition) is 2. The zero-order valence-electron chi connectivity index (χ0n) is 20.3. The fraction of sp³-hybridized carbons (Fsp3) is 0.333. The van der Waals surface area contributed by atoms with Crippen LogP contribution < -0.4 is 5.32 Å². The minimum Gasteiger partial charge on any atom is -0.343 e. The van der Waals surface area contributed by atoms with E-state index in [1.54, 1.807) is 5.32 Å². The average Bonchev–Trinajstić information content (AvgIpc) is 2.84. The molecule has 1 atom stereocenters. The molecular weight excluding hydrogens is 645 g/mol. The van der Waals surface area contributed by atoms with Crippen LogP contribution in [-0.4, -0.2) is 48.7 Å². The fourth-order valence-corrected chi connectivity index (χ4v) is 4.07. The van der Waals surface area contributed by atoms with E-state index in [1.807, 2.05) is 0 Å². The molecule has 0 fully saturated rings. The highest BCUT2D eigenvalue weighted by molar-refractivity contribution is 6.48. The average molecular weight is 662 g/mol. The number of carbonyl (C=O) groups excluding carboxylic acids is 2. The first kappa shape index (κ1) is 34.5. The van der Waals surface area contributed by atoms with Crippen LogP contribution in [0.25, 0.3) is 5.83 Å². The van der Waals surface area contributed by atoms with Gasteiger partial charge in [-0.2, -0.15) is 39.5 Å². The lowest BCUT2D eigenvalue weighted by molar-refractivity contribution is -0.160. The summed E-state index contributed by atoms with van der Waals surface area (Å²) < 4.78 is 135. The third-order valence-electron chi connectivity index (χ3n) is 5.38. The van der Waals surface area contributed by atoms with E-state index >= 15 is 0 Å². The molecule has 0 heterocycles. The Balaban J connectivity index is 2.43. The molecule has 2 rings (SSSR count). The van der Waals surface area contributed by atoms with Crippen LogP contribution in [0.3, 0.4) is 0 Å². The smallest absolute Gasteiger partial charge is 0.343 e. The highest BCUT2D eigenvalue weighted by Crippen LogP contribution is 2.42. The Morgan fingerprint density at radius 3 is 1.98 bits per heavy atom. The predicted molar refractivity (Wildman–Crippen MR) is 131 cm³/mol. The number of hydrogen-bond donors (Lipinski definition) is 1. The molecule has 0 saturated heterocycles. The summed E-state index contributed by atoms with van der Waals surface area (Å²) in [6, 6.07) is 2.59. The zero-order chi connectivity index (χ0) is 31.5. The third-order valence-corrected chi connectivity index (χ3v) is 6.58. The van der Waals surface area contributed by atoms with Gasteiger partial charge in [-0.05, 0) is 42.8 Å². The quantitative estimate of drug-likeness (QED) is 0.228. The molecule has 4 nitrogen and oxygen atoms in total. The number of halogens is 13. The van der Waals surface area contributed by atoms with Crippen molar-refractivity contribution in [2.75, 3.05) is 19.6 Å². The summed E-state index contributed by atoms with van der Waals surface area (Å²) in [6.07, 6.45) is -15.3. The first-order valence-corrected chi connectivity index (χ1v) is 12.2. The maximum absolute atomic E-state index is 15.0. The maximum Gasteiger partial charge on any atom is 0.417 e. The zero-order valence-corrected chi connectivity index (χ0v) is 22.6. The molecule has 2 aromatic carbocycles. The molecule has 1 N–H and O–H groups in total. The van der Waals surface area contributed by atoms with Crippen molar-refractivity contribution in [2.24, 2.45) is 0 Å². The van der Waals surface area contributed by atoms with E-state index in [0.717, 1.165) is 12.1 Å². The van der Waals surface area contributed by atoms with E-state index in [4.69, 9.17) is 34.8 Å². The van der Waals surface area contributed by atoms with Gasteiger partial charge in [0, 0.05) is 12.1 Å². The van der Waals surface area contributed by atoms with Crippen molar-refractivity contribution in [2.45, 2.75) is 31.4 Å². The number of amides is 2. The summed E-state index contributed by atoms with van der Waals surface area (Å²) in [5.74, 6) is -7.29. The monoisotopic (exact) mass is 660 g/mol. The molecule has 226 valence electrons. The summed E-state index contributed by atoms with van der Waals surface area (Å²) in [5.41, 5.74) is -4.61. The summed E-state index contributed by atoms with van der Waals surface area (Å²) >= 11 is 17.2. The maximum atomic E-state index is 15.0. The van der Waals surface area contributed by atoms with E-state index in [2.05, 4.69) is 0 Å². The number of likely N-dealkylation sites (N-methyl/N-ethyl adjacent to an activating group) is 1. The Kier molecular flexibility index (Phi) is 11.0. The summed E-state index contributed by atoms with van der Waals surface area (Å²) in [6.45, 7) is -1.99. The van der Waals surface area contributed by atoms with Gasteiger partial charge in [-0.3, -0.25) is 9.59 Å². The van der Waals surface area contributed by atoms with Crippen molar-refractivity contribution in [3.63, 3.8) is 0 Å². The molecule has 0 aliphatic rings. The van der Waals surface area contributed by atoms with Crippen molar-refractivity contribution in [3.05, 3.63) is 73.7 Å². The van der Waals surface area contributed by atoms with Crippen LogP contribution in [0.15, 0.2) is 36.4 Å². The van der Waals surface area contributed by atoms with Crippen molar-refractivity contribution in [3.8, 4) is 0 Å². The van der Waals surface area contributed by atoms with Crippen molar-refractivity contribution in [1.82, 2.24) is 10.2 Å². The molecule has 2 amide bonds. The van der Waals surface area contributed by atoms with Crippen LogP contribution >= 0.6 is 34.8 Å². The van der Waals surface area contributed by atoms with Crippen LogP contribution in [0.2, 0.25) is 15.1 Å². The van der Waals surface area contributed by atoms with Crippen molar-refractivity contribution < 1.29 is 53.5 Å². The van der Waals surface area contributed by atoms with Gasteiger partial charge in [-0.25, -0.2) is 4.39 Å². The summed E-state index contributed by atoms with van der Waals surface area (Å²) in [5, 5.41) is 0.682. The third kappa shape index (κ3) is 9.40. The number of allylic oxidation sites excluding steroid dienone is 1. The van der Waals surface area contributed by atoms with Gasteiger partial charge >= 0.3 is 18.5 Å². The Hall–Kier alpha value is -2.71. The number of alkyl halides is 9. The molecule has 0 aliphatic heterocycles. The molecule has 17 heteroatoms. The van der Waals surface area contributed by atoms with Crippen LogP contribution in [0, 0.1) is 0 Å². The Morgan fingerprint density at radius 2 is 1.51 bits per heavy atom. The number of carbonyl (C=O) groups is 2. The molecule has 0 aliphatic carbocycles. The second-order valence-electron chi connectivity index (χ2n) is 8.30. The topological polar surface area (TPSA) is 49.4 Å². The van der Waals surface area contributed by atoms with Gasteiger partial charge < -0.3 is 10.2 Å². The molecule has 0 saturated carbocycles.